The predicted octanol–water partition coefficient (Wildman–Crippen LogP) is 2.60. The van der Waals surface area contributed by atoms with Crippen molar-refractivity contribution in [2.24, 2.45) is 0 Å². The zero-order valence-corrected chi connectivity index (χ0v) is 15.3. The van der Waals surface area contributed by atoms with E-state index in [-0.39, 0.29) is 10.6 Å². The van der Waals surface area contributed by atoms with E-state index in [4.69, 9.17) is 4.18 Å². The maximum atomic E-state index is 12.4. The van der Waals surface area contributed by atoms with Gasteiger partial charge in [-0.2, -0.15) is 8.42 Å². The van der Waals surface area contributed by atoms with E-state index < -0.39 is 26.1 Å². The summed E-state index contributed by atoms with van der Waals surface area (Å²) >= 11 is 0. The second-order valence-electron chi connectivity index (χ2n) is 6.00. The lowest BCUT2D eigenvalue weighted by atomic mass is 10.0. The van der Waals surface area contributed by atoms with Crippen molar-refractivity contribution in [2.45, 2.75) is 24.3 Å². The van der Waals surface area contributed by atoms with Crippen LogP contribution in [0.2, 0.25) is 0 Å². The SMILES string of the molecule is Cc1cc(S(=O)(=O)OC2C=CS(=O)(=O)C2)ccc1Cc1ccccc1. The van der Waals surface area contributed by atoms with Crippen LogP contribution in [0.3, 0.4) is 0 Å². The van der Waals surface area contributed by atoms with Crippen molar-refractivity contribution in [1.29, 1.82) is 0 Å². The molecule has 0 aliphatic carbocycles. The van der Waals surface area contributed by atoms with Gasteiger partial charge in [-0.05, 0) is 48.2 Å². The van der Waals surface area contributed by atoms with E-state index in [0.717, 1.165) is 22.1 Å². The topological polar surface area (TPSA) is 77.5 Å². The third-order valence-electron chi connectivity index (χ3n) is 3.99. The van der Waals surface area contributed by atoms with Crippen LogP contribution in [0.15, 0.2) is 64.9 Å². The summed E-state index contributed by atoms with van der Waals surface area (Å²) in [6.07, 6.45) is 0.986. The van der Waals surface area contributed by atoms with Crippen LogP contribution in [0.1, 0.15) is 16.7 Å². The van der Waals surface area contributed by atoms with Crippen LogP contribution >= 0.6 is 0 Å². The first kappa shape index (κ1) is 17.8. The average Bonchev–Trinajstić information content (AvgIpc) is 2.88. The van der Waals surface area contributed by atoms with Crippen LogP contribution in [0.5, 0.6) is 0 Å². The van der Waals surface area contributed by atoms with Gasteiger partial charge in [0.1, 0.15) is 6.10 Å². The summed E-state index contributed by atoms with van der Waals surface area (Å²) in [4.78, 5) is 0.0273. The van der Waals surface area contributed by atoms with E-state index in [1.807, 2.05) is 37.3 Å². The monoisotopic (exact) mass is 378 g/mol. The van der Waals surface area contributed by atoms with Crippen molar-refractivity contribution >= 4 is 20.0 Å². The van der Waals surface area contributed by atoms with Gasteiger partial charge in [-0.25, -0.2) is 8.42 Å². The Morgan fingerprint density at radius 1 is 1.12 bits per heavy atom. The molecule has 0 bridgehead atoms. The molecular weight excluding hydrogens is 360 g/mol. The fourth-order valence-electron chi connectivity index (χ4n) is 2.66. The summed E-state index contributed by atoms with van der Waals surface area (Å²) in [6.45, 7) is 1.84. The minimum absolute atomic E-state index is 0.0273. The Hall–Kier alpha value is -1.96. The summed E-state index contributed by atoms with van der Waals surface area (Å²) in [7, 11) is -7.39. The first-order valence-electron chi connectivity index (χ1n) is 7.73. The third kappa shape index (κ3) is 4.36. The third-order valence-corrected chi connectivity index (χ3v) is 6.68. The van der Waals surface area contributed by atoms with Crippen LogP contribution in [0.4, 0.5) is 0 Å². The summed E-state index contributed by atoms with van der Waals surface area (Å²) < 4.78 is 52.5. The largest absolute Gasteiger partial charge is 0.297 e. The zero-order valence-electron chi connectivity index (χ0n) is 13.6. The molecule has 0 fully saturated rings. The minimum Gasteiger partial charge on any atom is -0.258 e. The Balaban J connectivity index is 1.79. The lowest BCUT2D eigenvalue weighted by Gasteiger charge is -2.12. The average molecular weight is 378 g/mol. The van der Waals surface area contributed by atoms with E-state index in [9.17, 15) is 16.8 Å². The van der Waals surface area contributed by atoms with Gasteiger partial charge in [0.25, 0.3) is 10.1 Å². The van der Waals surface area contributed by atoms with E-state index in [2.05, 4.69) is 0 Å². The van der Waals surface area contributed by atoms with Gasteiger partial charge in [0, 0.05) is 5.41 Å². The predicted molar refractivity (Wildman–Crippen MR) is 95.4 cm³/mol. The molecule has 1 aliphatic rings. The highest BCUT2D eigenvalue weighted by molar-refractivity contribution is 7.94. The van der Waals surface area contributed by atoms with E-state index in [0.29, 0.717) is 6.42 Å². The molecule has 0 saturated carbocycles. The lowest BCUT2D eigenvalue weighted by Crippen LogP contribution is -2.20. The van der Waals surface area contributed by atoms with Gasteiger partial charge in [0.15, 0.2) is 9.84 Å². The van der Waals surface area contributed by atoms with Crippen LogP contribution in [0, 0.1) is 6.92 Å². The zero-order chi connectivity index (χ0) is 18.1. The first-order chi connectivity index (χ1) is 11.8. The smallest absolute Gasteiger partial charge is 0.258 e. The summed E-state index contributed by atoms with van der Waals surface area (Å²) in [6, 6.07) is 14.7. The second kappa shape index (κ2) is 6.74. The molecular formula is C18H18O5S2. The van der Waals surface area contributed by atoms with Crippen molar-refractivity contribution in [3.8, 4) is 0 Å². The number of aryl methyl sites for hydroxylation is 1. The second-order valence-corrected chi connectivity index (χ2v) is 9.50. The molecule has 5 nitrogen and oxygen atoms in total. The molecule has 2 aromatic rings. The first-order valence-corrected chi connectivity index (χ1v) is 10.9. The van der Waals surface area contributed by atoms with Crippen LogP contribution < -0.4 is 0 Å². The van der Waals surface area contributed by atoms with E-state index in [1.165, 1.54) is 12.1 Å². The van der Waals surface area contributed by atoms with Crippen molar-refractivity contribution < 1.29 is 21.0 Å². The molecule has 0 saturated heterocycles. The quantitative estimate of drug-likeness (QED) is 0.748. The molecule has 2 aromatic carbocycles. The number of hydrogen-bond acceptors (Lipinski definition) is 5. The summed E-state index contributed by atoms with van der Waals surface area (Å²) in [5, 5.41) is 0.987. The summed E-state index contributed by atoms with van der Waals surface area (Å²) in [5.74, 6) is -0.350. The Kier molecular flexibility index (Phi) is 4.81. The fourth-order valence-corrected chi connectivity index (χ4v) is 5.04. The Bertz CT molecular complexity index is 1010. The molecule has 1 aliphatic heterocycles. The highest BCUT2D eigenvalue weighted by atomic mass is 32.2. The van der Waals surface area contributed by atoms with Gasteiger partial charge in [0.2, 0.25) is 0 Å². The fraction of sp³-hybridized carbons (Fsp3) is 0.222. The van der Waals surface area contributed by atoms with Gasteiger partial charge >= 0.3 is 0 Å². The van der Waals surface area contributed by atoms with Gasteiger partial charge in [-0.1, -0.05) is 36.4 Å². The lowest BCUT2D eigenvalue weighted by molar-refractivity contribution is 0.279. The van der Waals surface area contributed by atoms with E-state index in [1.54, 1.807) is 12.1 Å². The maximum Gasteiger partial charge on any atom is 0.297 e. The molecule has 25 heavy (non-hydrogen) atoms. The molecule has 1 unspecified atom stereocenters. The van der Waals surface area contributed by atoms with Gasteiger partial charge in [-0.15, -0.1) is 0 Å². The van der Waals surface area contributed by atoms with Crippen molar-refractivity contribution in [3.05, 3.63) is 76.7 Å². The number of benzene rings is 2. The molecule has 0 amide bonds. The molecule has 7 heteroatoms. The standard InChI is InChI=1S/C18H18O5S2/c1-14-11-18(8-7-16(14)12-15-5-3-2-4-6-15)25(21,22)23-17-9-10-24(19,20)13-17/h2-11,17H,12-13H2,1H3. The Morgan fingerprint density at radius 2 is 1.84 bits per heavy atom. The Labute approximate surface area is 148 Å². The van der Waals surface area contributed by atoms with E-state index >= 15 is 0 Å². The molecule has 0 N–H and O–H groups in total. The maximum absolute atomic E-state index is 12.4. The van der Waals surface area contributed by atoms with Gasteiger partial charge in [0.05, 0.1) is 10.6 Å². The molecule has 0 radical (unpaired) electrons. The Morgan fingerprint density at radius 3 is 2.44 bits per heavy atom. The van der Waals surface area contributed by atoms with Crippen LogP contribution in [-0.2, 0) is 30.6 Å². The summed E-state index contributed by atoms with van der Waals surface area (Å²) in [5.41, 5.74) is 3.00. The van der Waals surface area contributed by atoms with Gasteiger partial charge < -0.3 is 0 Å². The van der Waals surface area contributed by atoms with Crippen molar-refractivity contribution in [3.63, 3.8) is 0 Å². The normalized spacial score (nSPS) is 19.2. The highest BCUT2D eigenvalue weighted by Gasteiger charge is 2.28. The van der Waals surface area contributed by atoms with Gasteiger partial charge in [-0.3, -0.25) is 4.18 Å². The minimum atomic E-state index is -4.02. The molecule has 3 rings (SSSR count). The van der Waals surface area contributed by atoms with Crippen molar-refractivity contribution in [1.82, 2.24) is 0 Å². The van der Waals surface area contributed by atoms with Crippen molar-refractivity contribution in [2.75, 3.05) is 5.75 Å². The highest BCUT2D eigenvalue weighted by Crippen LogP contribution is 2.23. The molecule has 132 valence electrons. The van der Waals surface area contributed by atoms with Crippen LogP contribution in [0.25, 0.3) is 0 Å². The number of sulfone groups is 1. The number of hydrogen-bond donors (Lipinski definition) is 0. The molecule has 1 heterocycles. The number of rotatable bonds is 5. The molecule has 0 aromatic heterocycles. The van der Waals surface area contributed by atoms with Crippen LogP contribution in [-0.4, -0.2) is 28.7 Å². The molecule has 0 spiro atoms. The molecule has 1 atom stereocenters.